The van der Waals surface area contributed by atoms with E-state index in [2.05, 4.69) is 5.32 Å². The van der Waals surface area contributed by atoms with Crippen LogP contribution in [0.3, 0.4) is 0 Å². The smallest absolute Gasteiger partial charge is 0.259 e. The molecule has 0 aromatic heterocycles. The highest BCUT2D eigenvalue weighted by molar-refractivity contribution is 6.22. The lowest BCUT2D eigenvalue weighted by molar-refractivity contribution is 0.0879. The number of carbonyl (C=O) groups excluding carboxylic acids is 2. The van der Waals surface area contributed by atoms with Crippen molar-refractivity contribution in [3.63, 3.8) is 0 Å². The maximum atomic E-state index is 11.4. The summed E-state index contributed by atoms with van der Waals surface area (Å²) in [5.41, 5.74) is 1.77. The molecule has 1 aliphatic heterocycles. The van der Waals surface area contributed by atoms with Crippen LogP contribution < -0.4 is 5.32 Å². The van der Waals surface area contributed by atoms with Crippen LogP contribution in [0.25, 0.3) is 0 Å². The number of fused-ring (bicyclic) bond motifs is 1. The van der Waals surface area contributed by atoms with Crippen molar-refractivity contribution < 1.29 is 9.59 Å². The van der Waals surface area contributed by atoms with Gasteiger partial charge in [0, 0.05) is 5.88 Å². The summed E-state index contributed by atoms with van der Waals surface area (Å²) in [6, 6.07) is 5.23. The number of rotatable bonds is 2. The Bertz CT molecular complexity index is 415. The molecule has 0 saturated heterocycles. The molecule has 0 atom stereocenters. The van der Waals surface area contributed by atoms with Crippen molar-refractivity contribution in [2.45, 2.75) is 6.42 Å². The van der Waals surface area contributed by atoms with E-state index < -0.39 is 0 Å². The van der Waals surface area contributed by atoms with Gasteiger partial charge < -0.3 is 0 Å². The van der Waals surface area contributed by atoms with Crippen molar-refractivity contribution >= 4 is 23.4 Å². The van der Waals surface area contributed by atoms with Crippen molar-refractivity contribution in [2.24, 2.45) is 0 Å². The maximum absolute atomic E-state index is 11.4. The van der Waals surface area contributed by atoms with Gasteiger partial charge in [0.2, 0.25) is 0 Å². The van der Waals surface area contributed by atoms with Crippen LogP contribution >= 0.6 is 11.6 Å². The zero-order valence-corrected chi connectivity index (χ0v) is 8.10. The largest absolute Gasteiger partial charge is 0.288 e. The number of halogens is 1. The monoisotopic (exact) mass is 209 g/mol. The minimum Gasteiger partial charge on any atom is -0.288 e. The fourth-order valence-electron chi connectivity index (χ4n) is 1.60. The number of benzene rings is 1. The van der Waals surface area contributed by atoms with Crippen LogP contribution in [0, 0.1) is 0 Å². The van der Waals surface area contributed by atoms with Crippen molar-refractivity contribution in [2.75, 3.05) is 5.88 Å². The molecule has 1 aromatic carbocycles. The number of alkyl halides is 1. The van der Waals surface area contributed by atoms with E-state index in [0.717, 1.165) is 5.56 Å². The van der Waals surface area contributed by atoms with Gasteiger partial charge in [0.1, 0.15) is 0 Å². The highest BCUT2D eigenvalue weighted by atomic mass is 35.5. The van der Waals surface area contributed by atoms with Gasteiger partial charge in [0.15, 0.2) is 0 Å². The minimum atomic E-state index is -0.318. The predicted molar refractivity (Wildman–Crippen MR) is 52.7 cm³/mol. The third kappa shape index (κ3) is 1.30. The van der Waals surface area contributed by atoms with Crippen LogP contribution in [-0.2, 0) is 6.42 Å². The van der Waals surface area contributed by atoms with Crippen LogP contribution in [0.2, 0.25) is 0 Å². The molecule has 0 spiro atoms. The molecule has 14 heavy (non-hydrogen) atoms. The lowest BCUT2D eigenvalue weighted by atomic mass is 10.0. The molecule has 0 aliphatic carbocycles. The molecule has 0 fully saturated rings. The van der Waals surface area contributed by atoms with Gasteiger partial charge in [-0.15, -0.1) is 11.6 Å². The molecule has 1 N–H and O–H groups in total. The number of hydrogen-bond acceptors (Lipinski definition) is 2. The SMILES string of the molecule is O=C1NC(=O)c2c(CCCl)cccc21. The van der Waals surface area contributed by atoms with E-state index in [1.54, 1.807) is 12.1 Å². The highest BCUT2D eigenvalue weighted by Crippen LogP contribution is 2.20. The number of aryl methyl sites for hydroxylation is 1. The molecule has 2 amide bonds. The van der Waals surface area contributed by atoms with Gasteiger partial charge in [-0.25, -0.2) is 0 Å². The molecule has 0 unspecified atom stereocenters. The number of amides is 2. The Labute approximate surface area is 86.1 Å². The first-order chi connectivity index (χ1) is 6.74. The number of nitrogens with one attached hydrogen (secondary N) is 1. The minimum absolute atomic E-state index is 0.314. The summed E-state index contributed by atoms with van der Waals surface area (Å²) in [7, 11) is 0. The Kier molecular flexibility index (Phi) is 2.25. The normalized spacial score (nSPS) is 14.1. The zero-order chi connectivity index (χ0) is 10.1. The second-order valence-corrected chi connectivity index (χ2v) is 3.44. The number of imide groups is 1. The summed E-state index contributed by atoms with van der Waals surface area (Å²) in [5, 5.41) is 2.26. The van der Waals surface area contributed by atoms with Crippen LogP contribution in [0.15, 0.2) is 18.2 Å². The standard InChI is InChI=1S/C10H8ClNO2/c11-5-4-6-2-1-3-7-8(6)10(14)12-9(7)13/h1-3H,4-5H2,(H,12,13,14). The Morgan fingerprint density at radius 2 is 2.00 bits per heavy atom. The first-order valence-electron chi connectivity index (χ1n) is 4.27. The summed E-state index contributed by atoms with van der Waals surface area (Å²) < 4.78 is 0. The molecule has 1 aliphatic rings. The maximum Gasteiger partial charge on any atom is 0.259 e. The topological polar surface area (TPSA) is 46.2 Å². The van der Waals surface area contributed by atoms with Crippen LogP contribution in [0.1, 0.15) is 26.3 Å². The second-order valence-electron chi connectivity index (χ2n) is 3.06. The first kappa shape index (κ1) is 9.21. The van der Waals surface area contributed by atoms with Crippen molar-refractivity contribution in [3.8, 4) is 0 Å². The zero-order valence-electron chi connectivity index (χ0n) is 7.34. The lowest BCUT2D eigenvalue weighted by Crippen LogP contribution is -2.20. The van der Waals surface area contributed by atoms with Gasteiger partial charge >= 0.3 is 0 Å². The average Bonchev–Trinajstić information content (AvgIpc) is 2.44. The summed E-state index contributed by atoms with van der Waals surface area (Å²) in [6.07, 6.45) is 0.603. The van der Waals surface area contributed by atoms with Gasteiger partial charge in [0.25, 0.3) is 11.8 Å². The molecule has 0 saturated carbocycles. The van der Waals surface area contributed by atoms with Gasteiger partial charge in [0.05, 0.1) is 11.1 Å². The van der Waals surface area contributed by atoms with Gasteiger partial charge in [-0.2, -0.15) is 0 Å². The second kappa shape index (κ2) is 3.42. The van der Waals surface area contributed by atoms with Gasteiger partial charge in [-0.3, -0.25) is 14.9 Å². The quantitative estimate of drug-likeness (QED) is 0.591. The van der Waals surface area contributed by atoms with Crippen molar-refractivity contribution in [3.05, 3.63) is 34.9 Å². The molecule has 4 heteroatoms. The third-order valence-corrected chi connectivity index (χ3v) is 2.40. The van der Waals surface area contributed by atoms with E-state index in [1.807, 2.05) is 6.07 Å². The summed E-state index contributed by atoms with van der Waals surface area (Å²) in [6.45, 7) is 0. The summed E-state index contributed by atoms with van der Waals surface area (Å²) in [5.74, 6) is -0.190. The van der Waals surface area contributed by atoms with Gasteiger partial charge in [-0.05, 0) is 18.1 Å². The summed E-state index contributed by atoms with van der Waals surface area (Å²) >= 11 is 5.61. The molecule has 0 bridgehead atoms. The molecule has 2 rings (SSSR count). The molecule has 3 nitrogen and oxygen atoms in total. The average molecular weight is 210 g/mol. The van der Waals surface area contributed by atoms with E-state index in [1.165, 1.54) is 0 Å². The van der Waals surface area contributed by atoms with E-state index in [-0.39, 0.29) is 11.8 Å². The Morgan fingerprint density at radius 3 is 2.71 bits per heavy atom. The summed E-state index contributed by atoms with van der Waals surface area (Å²) in [4.78, 5) is 22.7. The molecule has 72 valence electrons. The predicted octanol–water partition coefficient (Wildman–Crippen LogP) is 1.35. The third-order valence-electron chi connectivity index (χ3n) is 2.21. The number of hydrogen-bond donors (Lipinski definition) is 1. The van der Waals surface area contributed by atoms with Crippen molar-refractivity contribution in [1.82, 2.24) is 5.32 Å². The highest BCUT2D eigenvalue weighted by Gasteiger charge is 2.28. The fraction of sp³-hybridized carbons (Fsp3) is 0.200. The van der Waals surface area contributed by atoms with E-state index in [9.17, 15) is 9.59 Å². The Balaban J connectivity index is 2.56. The van der Waals surface area contributed by atoms with E-state index in [0.29, 0.717) is 23.4 Å². The molecular formula is C10H8ClNO2. The molecule has 0 radical (unpaired) electrons. The number of carbonyl (C=O) groups is 2. The van der Waals surface area contributed by atoms with Gasteiger partial charge in [-0.1, -0.05) is 12.1 Å². The van der Waals surface area contributed by atoms with Crippen LogP contribution in [-0.4, -0.2) is 17.7 Å². The van der Waals surface area contributed by atoms with Crippen molar-refractivity contribution in [1.29, 1.82) is 0 Å². The molecule has 1 heterocycles. The lowest BCUT2D eigenvalue weighted by Gasteiger charge is -2.02. The first-order valence-corrected chi connectivity index (χ1v) is 4.81. The Morgan fingerprint density at radius 1 is 1.21 bits per heavy atom. The van der Waals surface area contributed by atoms with Crippen LogP contribution in [0.5, 0.6) is 0 Å². The fourth-order valence-corrected chi connectivity index (χ4v) is 1.80. The van der Waals surface area contributed by atoms with Crippen LogP contribution in [0.4, 0.5) is 0 Å². The molecular weight excluding hydrogens is 202 g/mol. The Hall–Kier alpha value is -1.35. The molecule has 1 aromatic rings. The van der Waals surface area contributed by atoms with E-state index >= 15 is 0 Å². The van der Waals surface area contributed by atoms with E-state index in [4.69, 9.17) is 11.6 Å².